The van der Waals surface area contributed by atoms with E-state index in [9.17, 15) is 4.79 Å². The molecule has 150 valence electrons. The van der Waals surface area contributed by atoms with Crippen molar-refractivity contribution in [1.82, 2.24) is 14.8 Å². The molecule has 2 aromatic carbocycles. The van der Waals surface area contributed by atoms with Crippen molar-refractivity contribution in [3.05, 3.63) is 59.9 Å². The van der Waals surface area contributed by atoms with Crippen molar-refractivity contribution < 1.29 is 9.53 Å². The monoisotopic (exact) mass is 390 g/mol. The molecule has 0 bridgehead atoms. The third kappa shape index (κ3) is 4.65. The molecule has 29 heavy (non-hydrogen) atoms. The fraction of sp³-hybridized carbons (Fsp3) is 0.348. The van der Waals surface area contributed by atoms with Gasteiger partial charge >= 0.3 is 0 Å². The molecule has 1 N–H and O–H groups in total. The first-order valence-corrected chi connectivity index (χ1v) is 10.2. The van der Waals surface area contributed by atoms with Crippen LogP contribution in [0.1, 0.15) is 37.1 Å². The number of nitrogens with zero attached hydrogens (tertiary/aromatic N) is 3. The summed E-state index contributed by atoms with van der Waals surface area (Å²) in [6.45, 7) is 3.31. The van der Waals surface area contributed by atoms with Crippen molar-refractivity contribution >= 4 is 11.6 Å². The number of anilines is 1. The number of aryl methyl sites for hydroxylation is 2. The van der Waals surface area contributed by atoms with E-state index in [1.807, 2.05) is 55.5 Å². The first-order valence-electron chi connectivity index (χ1n) is 10.2. The van der Waals surface area contributed by atoms with E-state index in [1.165, 1.54) is 12.8 Å². The summed E-state index contributed by atoms with van der Waals surface area (Å²) >= 11 is 0. The number of nitrogens with one attached hydrogen (secondary N) is 1. The third-order valence-corrected chi connectivity index (χ3v) is 5.22. The highest BCUT2D eigenvalue weighted by atomic mass is 16.5. The maximum Gasteiger partial charge on any atom is 0.227 e. The number of carbonyl (C=O) groups is 1. The van der Waals surface area contributed by atoms with Gasteiger partial charge in [-0.3, -0.25) is 4.79 Å². The lowest BCUT2D eigenvalue weighted by Crippen LogP contribution is -2.15. The van der Waals surface area contributed by atoms with Crippen LogP contribution >= 0.6 is 0 Å². The summed E-state index contributed by atoms with van der Waals surface area (Å²) in [5.41, 5.74) is 2.85. The van der Waals surface area contributed by atoms with Crippen molar-refractivity contribution in [3.8, 4) is 17.1 Å². The number of aromatic nitrogens is 3. The van der Waals surface area contributed by atoms with Crippen molar-refractivity contribution in [2.45, 2.75) is 45.6 Å². The smallest absolute Gasteiger partial charge is 0.227 e. The van der Waals surface area contributed by atoms with Gasteiger partial charge in [0.25, 0.3) is 0 Å². The number of fused-ring (bicyclic) bond motifs is 1. The molecule has 0 aliphatic carbocycles. The Morgan fingerprint density at radius 1 is 1.07 bits per heavy atom. The minimum absolute atomic E-state index is 0.0670. The zero-order chi connectivity index (χ0) is 20.1. The Labute approximate surface area is 170 Å². The van der Waals surface area contributed by atoms with Crippen LogP contribution in [0.15, 0.2) is 48.5 Å². The summed E-state index contributed by atoms with van der Waals surface area (Å²) in [4.78, 5) is 12.2. The molecule has 6 nitrogen and oxygen atoms in total. The Hall–Kier alpha value is -3.15. The Kier molecular flexibility index (Phi) is 5.89. The van der Waals surface area contributed by atoms with E-state index < -0.39 is 0 Å². The number of hydrogen-bond donors (Lipinski definition) is 1. The number of rotatable bonds is 6. The van der Waals surface area contributed by atoms with Crippen molar-refractivity contribution in [2.75, 3.05) is 11.9 Å². The average Bonchev–Trinajstić information content (AvgIpc) is 2.98. The van der Waals surface area contributed by atoms with Crippen LogP contribution in [0.5, 0.6) is 5.75 Å². The van der Waals surface area contributed by atoms with Gasteiger partial charge in [0.15, 0.2) is 5.82 Å². The van der Waals surface area contributed by atoms with Gasteiger partial charge in [-0.05, 0) is 55.7 Å². The molecule has 1 aliphatic heterocycles. The summed E-state index contributed by atoms with van der Waals surface area (Å²) in [6, 6.07) is 15.6. The maximum atomic E-state index is 12.2. The van der Waals surface area contributed by atoms with Crippen molar-refractivity contribution in [1.29, 1.82) is 0 Å². The second-order valence-corrected chi connectivity index (χ2v) is 7.39. The van der Waals surface area contributed by atoms with Gasteiger partial charge in [-0.2, -0.15) is 0 Å². The molecular weight excluding hydrogens is 364 g/mol. The van der Waals surface area contributed by atoms with Crippen LogP contribution in [0.4, 0.5) is 5.69 Å². The molecule has 0 unspecified atom stereocenters. The van der Waals surface area contributed by atoms with E-state index in [2.05, 4.69) is 20.1 Å². The van der Waals surface area contributed by atoms with E-state index in [-0.39, 0.29) is 5.91 Å². The van der Waals surface area contributed by atoms with Gasteiger partial charge < -0.3 is 14.6 Å². The van der Waals surface area contributed by atoms with Crippen molar-refractivity contribution in [3.63, 3.8) is 0 Å². The number of ether oxygens (including phenoxy) is 1. The van der Waals surface area contributed by atoms with Crippen LogP contribution < -0.4 is 10.1 Å². The summed E-state index contributed by atoms with van der Waals surface area (Å²) in [5.74, 6) is 2.73. The van der Waals surface area contributed by atoms with Crippen molar-refractivity contribution in [2.24, 2.45) is 0 Å². The van der Waals surface area contributed by atoms with Crippen LogP contribution in [0.25, 0.3) is 11.4 Å². The number of carbonyl (C=O) groups excluding carboxylic acids is 1. The Bertz CT molecular complexity index is 979. The standard InChI is InChI=1S/C23H26N4O2/c1-17-7-4-5-8-20(17)29-16-14-22(28)24-19-12-10-18(11-13-19)23-26-25-21-9-3-2-6-15-27(21)23/h4-5,7-8,10-13H,2-3,6,9,14-16H2,1H3,(H,24,28). The molecular formula is C23H26N4O2. The Balaban J connectivity index is 1.33. The second-order valence-electron chi connectivity index (χ2n) is 7.39. The molecule has 4 rings (SSSR count). The van der Waals surface area contributed by atoms with Gasteiger partial charge in [0.05, 0.1) is 13.0 Å². The van der Waals surface area contributed by atoms with Gasteiger partial charge in [0.1, 0.15) is 11.6 Å². The minimum Gasteiger partial charge on any atom is -0.493 e. The number of benzene rings is 2. The summed E-state index contributed by atoms with van der Waals surface area (Å²) in [6.07, 6.45) is 4.87. The van der Waals surface area contributed by atoms with E-state index >= 15 is 0 Å². The van der Waals surface area contributed by atoms with Crippen LogP contribution in [0, 0.1) is 6.92 Å². The van der Waals surface area contributed by atoms with Crippen LogP contribution in [0.3, 0.4) is 0 Å². The first-order chi connectivity index (χ1) is 14.2. The van der Waals surface area contributed by atoms with Gasteiger partial charge in [0, 0.05) is 24.2 Å². The summed E-state index contributed by atoms with van der Waals surface area (Å²) in [5, 5.41) is 11.7. The van der Waals surface area contributed by atoms with Gasteiger partial charge in [-0.15, -0.1) is 10.2 Å². The molecule has 0 atom stereocenters. The fourth-order valence-corrected chi connectivity index (χ4v) is 3.60. The quantitative estimate of drug-likeness (QED) is 0.678. The molecule has 1 aliphatic rings. The molecule has 0 fully saturated rings. The summed E-state index contributed by atoms with van der Waals surface area (Å²) < 4.78 is 7.92. The van der Waals surface area contributed by atoms with Crippen LogP contribution in [-0.2, 0) is 17.8 Å². The normalized spacial score (nSPS) is 13.4. The molecule has 0 saturated carbocycles. The third-order valence-electron chi connectivity index (χ3n) is 5.22. The lowest BCUT2D eigenvalue weighted by atomic mass is 10.2. The first kappa shape index (κ1) is 19.2. The molecule has 2 heterocycles. The number of amides is 1. The minimum atomic E-state index is -0.0670. The van der Waals surface area contributed by atoms with Crippen LogP contribution in [0.2, 0.25) is 0 Å². The van der Waals surface area contributed by atoms with E-state index in [4.69, 9.17) is 4.74 Å². The van der Waals surface area contributed by atoms with E-state index in [0.717, 1.165) is 53.6 Å². The highest BCUT2D eigenvalue weighted by Crippen LogP contribution is 2.24. The molecule has 6 heteroatoms. The zero-order valence-electron chi connectivity index (χ0n) is 16.7. The highest BCUT2D eigenvalue weighted by Gasteiger charge is 2.16. The van der Waals surface area contributed by atoms with Gasteiger partial charge in [-0.1, -0.05) is 24.6 Å². The molecule has 0 radical (unpaired) electrons. The van der Waals surface area contributed by atoms with Gasteiger partial charge in [-0.25, -0.2) is 0 Å². The zero-order valence-corrected chi connectivity index (χ0v) is 16.7. The second kappa shape index (κ2) is 8.90. The number of hydrogen-bond acceptors (Lipinski definition) is 4. The molecule has 0 saturated heterocycles. The largest absolute Gasteiger partial charge is 0.493 e. The molecule has 1 aromatic heterocycles. The highest BCUT2D eigenvalue weighted by molar-refractivity contribution is 5.91. The maximum absolute atomic E-state index is 12.2. The summed E-state index contributed by atoms with van der Waals surface area (Å²) in [7, 11) is 0. The van der Waals surface area contributed by atoms with E-state index in [0.29, 0.717) is 13.0 Å². The number of para-hydroxylation sites is 1. The Morgan fingerprint density at radius 2 is 1.90 bits per heavy atom. The molecule has 1 amide bonds. The topological polar surface area (TPSA) is 69.0 Å². The lowest BCUT2D eigenvalue weighted by molar-refractivity contribution is -0.116. The SMILES string of the molecule is Cc1ccccc1OCCC(=O)Nc1ccc(-c2nnc3n2CCCCC3)cc1. The van der Waals surface area contributed by atoms with E-state index in [1.54, 1.807) is 0 Å². The predicted molar refractivity (Wildman–Crippen MR) is 113 cm³/mol. The van der Waals surface area contributed by atoms with Gasteiger partial charge in [0.2, 0.25) is 5.91 Å². The lowest BCUT2D eigenvalue weighted by Gasteiger charge is -2.10. The average molecular weight is 390 g/mol. The molecule has 3 aromatic rings. The van der Waals surface area contributed by atoms with Crippen LogP contribution in [-0.4, -0.2) is 27.3 Å². The predicted octanol–water partition coefficient (Wildman–Crippen LogP) is 4.39. The Morgan fingerprint density at radius 3 is 2.72 bits per heavy atom. The fourth-order valence-electron chi connectivity index (χ4n) is 3.60. The molecule has 0 spiro atoms.